The van der Waals surface area contributed by atoms with Gasteiger partial charge in [0.15, 0.2) is 5.82 Å². The van der Waals surface area contributed by atoms with Crippen LogP contribution in [0.1, 0.15) is 0 Å². The third-order valence-electron chi connectivity index (χ3n) is 9.30. The van der Waals surface area contributed by atoms with Crippen LogP contribution in [0, 0.1) is 0 Å². The minimum absolute atomic E-state index is 0.663. The van der Waals surface area contributed by atoms with Gasteiger partial charge in [-0.2, -0.15) is 0 Å². The molecule has 0 bridgehead atoms. The van der Waals surface area contributed by atoms with Gasteiger partial charge in [0.05, 0.1) is 11.4 Å². The Morgan fingerprint density at radius 1 is 0.354 bits per heavy atom. The molecule has 0 aliphatic carbocycles. The quantitative estimate of drug-likeness (QED) is 0.198. The first-order chi connectivity index (χ1) is 23.8. The summed E-state index contributed by atoms with van der Waals surface area (Å²) in [4.78, 5) is 10.2. The zero-order chi connectivity index (χ0) is 31.6. The largest absolute Gasteiger partial charge is 0.456 e. The lowest BCUT2D eigenvalue weighted by atomic mass is 9.95. The van der Waals surface area contributed by atoms with Crippen molar-refractivity contribution in [1.29, 1.82) is 0 Å². The van der Waals surface area contributed by atoms with Crippen LogP contribution in [0.5, 0.6) is 0 Å². The number of rotatable bonds is 4. The van der Waals surface area contributed by atoms with E-state index in [2.05, 4.69) is 109 Å². The highest BCUT2D eigenvalue weighted by molar-refractivity contribution is 6.19. The maximum atomic E-state index is 6.69. The molecule has 48 heavy (non-hydrogen) atoms. The second-order valence-electron chi connectivity index (χ2n) is 12.1. The summed E-state index contributed by atoms with van der Waals surface area (Å²) >= 11 is 0. The van der Waals surface area contributed by atoms with Gasteiger partial charge in [0.2, 0.25) is 0 Å². The molecule has 4 nitrogen and oxygen atoms in total. The van der Waals surface area contributed by atoms with Crippen LogP contribution in [-0.2, 0) is 0 Å². The van der Waals surface area contributed by atoms with Gasteiger partial charge in [0.1, 0.15) is 22.3 Å². The summed E-state index contributed by atoms with van der Waals surface area (Å²) in [6.45, 7) is 0. The zero-order valence-electron chi connectivity index (χ0n) is 25.7. The molecule has 10 aromatic rings. The maximum absolute atomic E-state index is 6.69. The van der Waals surface area contributed by atoms with Crippen molar-refractivity contribution in [3.8, 4) is 45.0 Å². The molecule has 3 heterocycles. The summed E-state index contributed by atoms with van der Waals surface area (Å²) in [5, 5.41) is 6.55. The van der Waals surface area contributed by atoms with Crippen molar-refractivity contribution in [3.63, 3.8) is 0 Å². The van der Waals surface area contributed by atoms with Crippen molar-refractivity contribution in [2.75, 3.05) is 0 Å². The molecule has 0 unspecified atom stereocenters. The van der Waals surface area contributed by atoms with E-state index in [1.165, 1.54) is 16.5 Å². The van der Waals surface area contributed by atoms with Crippen molar-refractivity contribution in [2.24, 2.45) is 0 Å². The molecule has 224 valence electrons. The molecule has 0 radical (unpaired) electrons. The number of benzene rings is 7. The summed E-state index contributed by atoms with van der Waals surface area (Å²) in [5.74, 6) is 0.663. The van der Waals surface area contributed by atoms with Gasteiger partial charge in [-0.3, -0.25) is 0 Å². The Hall–Kier alpha value is -6.52. The normalized spacial score (nSPS) is 11.8. The maximum Gasteiger partial charge on any atom is 0.160 e. The van der Waals surface area contributed by atoms with Crippen LogP contribution in [0.15, 0.2) is 167 Å². The monoisotopic (exact) mass is 614 g/mol. The molecule has 0 aliphatic heterocycles. The molecule has 3 aromatic heterocycles. The van der Waals surface area contributed by atoms with E-state index in [0.717, 1.165) is 77.3 Å². The third kappa shape index (κ3) is 4.16. The molecule has 0 amide bonds. The van der Waals surface area contributed by atoms with E-state index in [9.17, 15) is 0 Å². The number of hydrogen-bond acceptors (Lipinski definition) is 4. The Balaban J connectivity index is 1.20. The highest BCUT2D eigenvalue weighted by atomic mass is 16.3. The van der Waals surface area contributed by atoms with Gasteiger partial charge in [-0.25, -0.2) is 9.97 Å². The van der Waals surface area contributed by atoms with Gasteiger partial charge >= 0.3 is 0 Å². The van der Waals surface area contributed by atoms with E-state index in [1.54, 1.807) is 0 Å². The number of fused-ring (bicyclic) bond motifs is 8. The molecule has 0 spiro atoms. The predicted molar refractivity (Wildman–Crippen MR) is 196 cm³/mol. The van der Waals surface area contributed by atoms with Crippen LogP contribution in [0.2, 0.25) is 0 Å². The summed E-state index contributed by atoms with van der Waals surface area (Å²) in [6.07, 6.45) is 0. The van der Waals surface area contributed by atoms with Crippen molar-refractivity contribution in [3.05, 3.63) is 158 Å². The molecular weight excluding hydrogens is 588 g/mol. The van der Waals surface area contributed by atoms with Gasteiger partial charge in [0, 0.05) is 43.6 Å². The molecule has 0 saturated carbocycles. The van der Waals surface area contributed by atoms with E-state index < -0.39 is 0 Å². The van der Waals surface area contributed by atoms with Gasteiger partial charge in [-0.15, -0.1) is 0 Å². The van der Waals surface area contributed by atoms with Crippen LogP contribution in [0.3, 0.4) is 0 Å². The Morgan fingerprint density at radius 2 is 1.04 bits per heavy atom. The SMILES string of the molecule is c1ccc(-c2nc(-c3ccc4c(c3)oc3c5ccccc5c(-c5ccccc5)cc43)cc(-c3cccc4oc5ccccc5c34)n2)cc1. The Bertz CT molecular complexity index is 2830. The second kappa shape index (κ2) is 10.5. The number of hydrogen-bond donors (Lipinski definition) is 0. The van der Waals surface area contributed by atoms with Crippen molar-refractivity contribution in [1.82, 2.24) is 9.97 Å². The van der Waals surface area contributed by atoms with E-state index in [4.69, 9.17) is 18.8 Å². The summed E-state index contributed by atoms with van der Waals surface area (Å²) in [5.41, 5.74) is 10.4. The standard InChI is InChI=1S/C44H26N2O2/c1-3-12-27(13-4-1)35-25-36-31-23-22-29(24-41(31)48-43(36)32-17-8-7-16-30(32)35)37-26-38(46-44(45-37)28-14-5-2-6-15-28)33-19-11-21-40-42(33)34-18-9-10-20-39(34)47-40/h1-26H. The lowest BCUT2D eigenvalue weighted by Gasteiger charge is -2.10. The number of nitrogens with zero attached hydrogens (tertiary/aromatic N) is 2. The Kier molecular flexibility index (Phi) is 5.84. The van der Waals surface area contributed by atoms with Crippen molar-refractivity contribution < 1.29 is 8.83 Å². The fraction of sp³-hybridized carbons (Fsp3) is 0. The molecular formula is C44H26N2O2. The van der Waals surface area contributed by atoms with Gasteiger partial charge in [-0.1, -0.05) is 121 Å². The van der Waals surface area contributed by atoms with Gasteiger partial charge < -0.3 is 8.83 Å². The van der Waals surface area contributed by atoms with Crippen LogP contribution in [0.4, 0.5) is 0 Å². The fourth-order valence-corrected chi connectivity index (χ4v) is 7.05. The van der Waals surface area contributed by atoms with Gasteiger partial charge in [0.25, 0.3) is 0 Å². The van der Waals surface area contributed by atoms with E-state index in [0.29, 0.717) is 5.82 Å². The van der Waals surface area contributed by atoms with Crippen LogP contribution >= 0.6 is 0 Å². The average Bonchev–Trinajstić information content (AvgIpc) is 3.73. The fourth-order valence-electron chi connectivity index (χ4n) is 7.05. The van der Waals surface area contributed by atoms with Crippen molar-refractivity contribution in [2.45, 2.75) is 0 Å². The molecule has 0 saturated heterocycles. The number of furan rings is 2. The Morgan fingerprint density at radius 3 is 1.88 bits per heavy atom. The molecule has 0 fully saturated rings. The topological polar surface area (TPSA) is 52.1 Å². The molecule has 0 aliphatic rings. The highest BCUT2D eigenvalue weighted by Crippen LogP contribution is 2.42. The number of para-hydroxylation sites is 1. The summed E-state index contributed by atoms with van der Waals surface area (Å²) < 4.78 is 12.9. The smallest absolute Gasteiger partial charge is 0.160 e. The zero-order valence-corrected chi connectivity index (χ0v) is 25.7. The molecule has 4 heteroatoms. The molecule has 7 aromatic carbocycles. The van der Waals surface area contributed by atoms with E-state index >= 15 is 0 Å². The van der Waals surface area contributed by atoms with Crippen molar-refractivity contribution >= 4 is 54.6 Å². The Labute approximate surface area is 275 Å². The van der Waals surface area contributed by atoms with Crippen LogP contribution in [-0.4, -0.2) is 9.97 Å². The highest BCUT2D eigenvalue weighted by Gasteiger charge is 2.19. The average molecular weight is 615 g/mol. The minimum atomic E-state index is 0.663. The minimum Gasteiger partial charge on any atom is -0.456 e. The van der Waals surface area contributed by atoms with Crippen LogP contribution < -0.4 is 0 Å². The first-order valence-corrected chi connectivity index (χ1v) is 16.1. The van der Waals surface area contributed by atoms with Gasteiger partial charge in [-0.05, 0) is 52.9 Å². The first-order valence-electron chi connectivity index (χ1n) is 16.1. The van der Waals surface area contributed by atoms with E-state index in [1.807, 2.05) is 48.5 Å². The predicted octanol–water partition coefficient (Wildman–Crippen LogP) is 12.1. The second-order valence-corrected chi connectivity index (χ2v) is 12.1. The van der Waals surface area contributed by atoms with E-state index in [-0.39, 0.29) is 0 Å². The summed E-state index contributed by atoms with van der Waals surface area (Å²) in [6, 6.07) is 54.3. The molecule has 0 N–H and O–H groups in total. The number of aromatic nitrogens is 2. The lowest BCUT2D eigenvalue weighted by molar-refractivity contribution is 0.669. The first kappa shape index (κ1) is 26.7. The van der Waals surface area contributed by atoms with Crippen LogP contribution in [0.25, 0.3) is 99.7 Å². The molecule has 10 rings (SSSR count). The lowest BCUT2D eigenvalue weighted by Crippen LogP contribution is -1.96. The third-order valence-corrected chi connectivity index (χ3v) is 9.30. The molecule has 0 atom stereocenters. The summed E-state index contributed by atoms with van der Waals surface area (Å²) in [7, 11) is 0.